The number of nitrogens with zero attached hydrogens (tertiary/aromatic N) is 2. The minimum Gasteiger partial charge on any atom is -0.234 e. The van der Waals surface area contributed by atoms with Crippen molar-refractivity contribution in [2.75, 3.05) is 0 Å². The van der Waals surface area contributed by atoms with E-state index in [-0.39, 0.29) is 0 Å². The molecule has 2 heteroatoms. The fraction of sp³-hybridized carbons (Fsp3) is 0.500. The molecule has 0 bridgehead atoms. The first-order valence-corrected chi connectivity index (χ1v) is 3.66. The minimum absolute atomic E-state index is 0.708. The molecular formula is C8H9N2. The zero-order valence-electron chi connectivity index (χ0n) is 5.75. The average molecular weight is 133 g/mol. The van der Waals surface area contributed by atoms with Crippen molar-refractivity contribution in [3.05, 3.63) is 24.3 Å². The van der Waals surface area contributed by atoms with Crippen LogP contribution in [0.2, 0.25) is 0 Å². The summed E-state index contributed by atoms with van der Waals surface area (Å²) in [4.78, 5) is 7.81. The molecule has 0 aromatic carbocycles. The molecule has 1 radical (unpaired) electrons. The highest BCUT2D eigenvalue weighted by Gasteiger charge is 2.19. The molecule has 1 fully saturated rings. The molecule has 0 amide bonds. The lowest BCUT2D eigenvalue weighted by atomic mass is 9.83. The van der Waals surface area contributed by atoms with E-state index in [9.17, 15) is 0 Å². The van der Waals surface area contributed by atoms with Crippen molar-refractivity contribution in [1.82, 2.24) is 9.97 Å². The van der Waals surface area contributed by atoms with Crippen molar-refractivity contribution in [1.29, 1.82) is 0 Å². The smallest absolute Gasteiger partial charge is 0.197 e. The number of aromatic nitrogens is 2. The molecule has 2 nitrogen and oxygen atoms in total. The Balaban J connectivity index is 2.18. The van der Waals surface area contributed by atoms with Crippen molar-refractivity contribution in [2.45, 2.75) is 25.2 Å². The monoisotopic (exact) mass is 133 g/mol. The van der Waals surface area contributed by atoms with Gasteiger partial charge in [-0.3, -0.25) is 0 Å². The van der Waals surface area contributed by atoms with Crippen molar-refractivity contribution >= 4 is 0 Å². The Labute approximate surface area is 60.3 Å². The van der Waals surface area contributed by atoms with Crippen LogP contribution < -0.4 is 0 Å². The second kappa shape index (κ2) is 2.37. The van der Waals surface area contributed by atoms with E-state index in [0.717, 1.165) is 0 Å². The third-order valence-corrected chi connectivity index (χ3v) is 2.08. The zero-order valence-corrected chi connectivity index (χ0v) is 5.75. The molecule has 1 aliphatic carbocycles. The number of hydrogen-bond acceptors (Lipinski definition) is 2. The van der Waals surface area contributed by atoms with Gasteiger partial charge in [0, 0.05) is 17.8 Å². The highest BCUT2D eigenvalue weighted by Crippen LogP contribution is 2.34. The fourth-order valence-electron chi connectivity index (χ4n) is 1.20. The molecule has 1 aliphatic rings. The lowest BCUT2D eigenvalue weighted by Crippen LogP contribution is -2.10. The summed E-state index contributed by atoms with van der Waals surface area (Å²) in [5.41, 5.74) is 1.17. The first kappa shape index (κ1) is 5.83. The van der Waals surface area contributed by atoms with E-state index in [1.54, 1.807) is 6.20 Å². The van der Waals surface area contributed by atoms with Crippen LogP contribution in [0.15, 0.2) is 12.3 Å². The molecule has 0 N–H and O–H groups in total. The van der Waals surface area contributed by atoms with E-state index in [1.165, 1.54) is 25.0 Å². The maximum Gasteiger partial charge on any atom is 0.197 e. The largest absolute Gasteiger partial charge is 0.234 e. The summed E-state index contributed by atoms with van der Waals surface area (Å²) in [5.74, 6) is 0.708. The molecule has 1 saturated carbocycles. The van der Waals surface area contributed by atoms with Crippen LogP contribution >= 0.6 is 0 Å². The van der Waals surface area contributed by atoms with E-state index in [4.69, 9.17) is 0 Å². The number of hydrogen-bond donors (Lipinski definition) is 0. The molecule has 51 valence electrons. The van der Waals surface area contributed by atoms with Gasteiger partial charge in [-0.15, -0.1) is 0 Å². The molecule has 2 rings (SSSR count). The van der Waals surface area contributed by atoms with Gasteiger partial charge in [-0.05, 0) is 18.9 Å². The molecule has 1 aromatic rings. The van der Waals surface area contributed by atoms with Crippen LogP contribution in [0.4, 0.5) is 0 Å². The van der Waals surface area contributed by atoms with Crippen molar-refractivity contribution in [3.8, 4) is 0 Å². The van der Waals surface area contributed by atoms with Crippen LogP contribution in [0.3, 0.4) is 0 Å². The Morgan fingerprint density at radius 1 is 1.50 bits per heavy atom. The van der Waals surface area contributed by atoms with Gasteiger partial charge in [-0.25, -0.2) is 9.97 Å². The fourth-order valence-corrected chi connectivity index (χ4v) is 1.20. The predicted molar refractivity (Wildman–Crippen MR) is 37.5 cm³/mol. The molecular weight excluding hydrogens is 124 g/mol. The molecule has 0 atom stereocenters. The Morgan fingerprint density at radius 3 is 2.90 bits per heavy atom. The lowest BCUT2D eigenvalue weighted by molar-refractivity contribution is 0.410. The van der Waals surface area contributed by atoms with Crippen LogP contribution in [-0.4, -0.2) is 9.97 Å². The van der Waals surface area contributed by atoms with Crippen LogP contribution in [0, 0.1) is 6.33 Å². The van der Waals surface area contributed by atoms with E-state index >= 15 is 0 Å². The van der Waals surface area contributed by atoms with Gasteiger partial charge < -0.3 is 0 Å². The molecule has 1 heterocycles. The Hall–Kier alpha value is -0.920. The van der Waals surface area contributed by atoms with Gasteiger partial charge in [0.1, 0.15) is 0 Å². The van der Waals surface area contributed by atoms with E-state index in [0.29, 0.717) is 5.92 Å². The standard InChI is InChI=1S/C8H9N2/c1-2-7(3-1)8-4-5-9-6-10-8/h4-5,7H,1-3H2. The van der Waals surface area contributed by atoms with E-state index < -0.39 is 0 Å². The predicted octanol–water partition coefficient (Wildman–Crippen LogP) is 1.54. The van der Waals surface area contributed by atoms with Crippen molar-refractivity contribution in [3.63, 3.8) is 0 Å². The normalized spacial score (nSPS) is 18.4. The molecule has 0 saturated heterocycles. The van der Waals surface area contributed by atoms with Gasteiger partial charge in [-0.1, -0.05) is 6.42 Å². The second-order valence-corrected chi connectivity index (χ2v) is 2.71. The first-order chi connectivity index (χ1) is 4.97. The van der Waals surface area contributed by atoms with Gasteiger partial charge in [0.25, 0.3) is 0 Å². The average Bonchev–Trinajstić information content (AvgIpc) is 1.86. The molecule has 0 spiro atoms. The summed E-state index contributed by atoms with van der Waals surface area (Å²) < 4.78 is 0. The van der Waals surface area contributed by atoms with Gasteiger partial charge in [-0.2, -0.15) is 0 Å². The van der Waals surface area contributed by atoms with Crippen molar-refractivity contribution < 1.29 is 0 Å². The minimum atomic E-state index is 0.708. The summed E-state index contributed by atoms with van der Waals surface area (Å²) in [7, 11) is 0. The summed E-state index contributed by atoms with van der Waals surface area (Å²) in [6.07, 6.45) is 8.32. The second-order valence-electron chi connectivity index (χ2n) is 2.71. The summed E-state index contributed by atoms with van der Waals surface area (Å²) >= 11 is 0. The zero-order chi connectivity index (χ0) is 6.81. The van der Waals surface area contributed by atoms with Crippen LogP contribution in [0.5, 0.6) is 0 Å². The van der Waals surface area contributed by atoms with Crippen LogP contribution in [0.1, 0.15) is 30.9 Å². The Morgan fingerprint density at radius 2 is 2.40 bits per heavy atom. The van der Waals surface area contributed by atoms with Gasteiger partial charge in [0.2, 0.25) is 0 Å². The lowest BCUT2D eigenvalue weighted by Gasteiger charge is -2.23. The van der Waals surface area contributed by atoms with Crippen LogP contribution in [-0.2, 0) is 0 Å². The third kappa shape index (κ3) is 0.897. The van der Waals surface area contributed by atoms with Gasteiger partial charge >= 0.3 is 0 Å². The van der Waals surface area contributed by atoms with Gasteiger partial charge in [0.05, 0.1) is 0 Å². The topological polar surface area (TPSA) is 25.8 Å². The number of rotatable bonds is 1. The summed E-state index contributed by atoms with van der Waals surface area (Å²) in [6.45, 7) is 0. The molecule has 0 aliphatic heterocycles. The van der Waals surface area contributed by atoms with Crippen molar-refractivity contribution in [2.24, 2.45) is 0 Å². The Kier molecular flexibility index (Phi) is 1.38. The van der Waals surface area contributed by atoms with E-state index in [2.05, 4.69) is 16.3 Å². The maximum absolute atomic E-state index is 4.06. The van der Waals surface area contributed by atoms with Crippen LogP contribution in [0.25, 0.3) is 0 Å². The quantitative estimate of drug-likeness (QED) is 0.580. The Bertz CT molecular complexity index is 204. The van der Waals surface area contributed by atoms with Gasteiger partial charge in [0.15, 0.2) is 6.33 Å². The maximum atomic E-state index is 4.06. The summed E-state index contributed by atoms with van der Waals surface area (Å²) in [5, 5.41) is 0. The third-order valence-electron chi connectivity index (χ3n) is 2.08. The SMILES string of the molecule is [c]1nccc(C2CCC2)n1. The van der Waals surface area contributed by atoms with E-state index in [1.807, 2.05) is 6.07 Å². The first-order valence-electron chi connectivity index (χ1n) is 3.66. The molecule has 0 unspecified atom stereocenters. The molecule has 1 aromatic heterocycles. The summed E-state index contributed by atoms with van der Waals surface area (Å²) in [6, 6.07) is 1.99. The highest BCUT2D eigenvalue weighted by molar-refractivity contribution is 5.08. The highest BCUT2D eigenvalue weighted by atomic mass is 14.8. The molecule has 10 heavy (non-hydrogen) atoms.